The van der Waals surface area contributed by atoms with E-state index in [-0.39, 0.29) is 22.8 Å². The molecule has 2 aromatic carbocycles. The van der Waals surface area contributed by atoms with Gasteiger partial charge in [-0.2, -0.15) is 0 Å². The summed E-state index contributed by atoms with van der Waals surface area (Å²) in [5, 5.41) is 15.6. The smallest absolute Gasteiger partial charge is 0.314 e. The first-order valence-electron chi connectivity index (χ1n) is 7.56. The molecule has 2 rings (SSSR count). The number of carbonyl (C=O) groups excluding carboxylic acids is 2. The molecule has 0 aliphatic rings. The maximum atomic E-state index is 12.2. The number of anilines is 2. The highest BCUT2D eigenvalue weighted by Gasteiger charge is 2.19. The van der Waals surface area contributed by atoms with E-state index in [1.807, 2.05) is 0 Å². The summed E-state index contributed by atoms with van der Waals surface area (Å²) >= 11 is 0. The fourth-order valence-corrected chi connectivity index (χ4v) is 2.17. The highest BCUT2D eigenvalue weighted by atomic mass is 16.6. The topological polar surface area (TPSA) is 129 Å². The molecule has 10 nitrogen and oxygen atoms in total. The number of non-ortho nitro benzene ring substituents is 1. The van der Waals surface area contributed by atoms with Gasteiger partial charge in [0.2, 0.25) is 0 Å². The number of amides is 2. The molecule has 0 saturated heterocycles. The number of nitrogens with zero attached hydrogens (tertiary/aromatic N) is 1. The third-order valence-electron chi connectivity index (χ3n) is 3.51. The lowest BCUT2D eigenvalue weighted by atomic mass is 10.2. The van der Waals surface area contributed by atoms with Gasteiger partial charge in [-0.1, -0.05) is 0 Å². The molecular formula is C17H17N3O7. The van der Waals surface area contributed by atoms with Gasteiger partial charge in [0, 0.05) is 12.1 Å². The fraction of sp³-hybridized carbons (Fsp3) is 0.176. The van der Waals surface area contributed by atoms with Crippen LogP contribution in [0.15, 0.2) is 36.4 Å². The van der Waals surface area contributed by atoms with E-state index < -0.39 is 16.7 Å². The van der Waals surface area contributed by atoms with Gasteiger partial charge >= 0.3 is 11.8 Å². The summed E-state index contributed by atoms with van der Waals surface area (Å²) in [5.74, 6) is -1.12. The molecule has 10 heteroatoms. The van der Waals surface area contributed by atoms with E-state index in [0.29, 0.717) is 11.5 Å². The summed E-state index contributed by atoms with van der Waals surface area (Å²) in [6, 6.07) is 8.30. The predicted octanol–water partition coefficient (Wildman–Crippen LogP) is 2.20. The number of carbonyl (C=O) groups is 2. The van der Waals surface area contributed by atoms with Crippen molar-refractivity contribution < 1.29 is 28.7 Å². The van der Waals surface area contributed by atoms with Crippen LogP contribution >= 0.6 is 0 Å². The lowest BCUT2D eigenvalue weighted by molar-refractivity contribution is -0.384. The molecule has 0 bridgehead atoms. The van der Waals surface area contributed by atoms with Gasteiger partial charge in [0.25, 0.3) is 5.69 Å². The van der Waals surface area contributed by atoms with Gasteiger partial charge in [-0.05, 0) is 18.2 Å². The van der Waals surface area contributed by atoms with E-state index in [1.165, 1.54) is 39.5 Å². The molecule has 0 unspecified atom stereocenters. The molecule has 0 aliphatic carbocycles. The summed E-state index contributed by atoms with van der Waals surface area (Å²) in [6.07, 6.45) is 0. The molecule has 0 aromatic heterocycles. The highest BCUT2D eigenvalue weighted by molar-refractivity contribution is 6.44. The van der Waals surface area contributed by atoms with Crippen LogP contribution in [0.5, 0.6) is 17.2 Å². The second-order valence-electron chi connectivity index (χ2n) is 5.12. The fourth-order valence-electron chi connectivity index (χ4n) is 2.17. The number of ether oxygens (including phenoxy) is 3. The van der Waals surface area contributed by atoms with Crippen molar-refractivity contribution in [3.05, 3.63) is 46.5 Å². The third-order valence-corrected chi connectivity index (χ3v) is 3.51. The van der Waals surface area contributed by atoms with Crippen LogP contribution in [0.1, 0.15) is 0 Å². The van der Waals surface area contributed by atoms with Crippen molar-refractivity contribution in [1.82, 2.24) is 0 Å². The summed E-state index contributed by atoms with van der Waals surface area (Å²) < 4.78 is 15.2. The van der Waals surface area contributed by atoms with Crippen molar-refractivity contribution in [3.8, 4) is 17.2 Å². The summed E-state index contributed by atoms with van der Waals surface area (Å²) in [6.45, 7) is 0. The summed E-state index contributed by atoms with van der Waals surface area (Å²) in [5.41, 5.74) is 0.143. The quantitative estimate of drug-likeness (QED) is 0.450. The number of methoxy groups -OCH3 is 3. The zero-order chi connectivity index (χ0) is 20.0. The first-order valence-corrected chi connectivity index (χ1v) is 7.56. The Labute approximate surface area is 154 Å². The van der Waals surface area contributed by atoms with Crippen molar-refractivity contribution in [2.45, 2.75) is 0 Å². The van der Waals surface area contributed by atoms with Crippen LogP contribution in [-0.4, -0.2) is 38.1 Å². The van der Waals surface area contributed by atoms with Crippen molar-refractivity contribution in [1.29, 1.82) is 0 Å². The molecule has 2 amide bonds. The van der Waals surface area contributed by atoms with Crippen LogP contribution in [-0.2, 0) is 9.59 Å². The Hall–Kier alpha value is -3.82. The zero-order valence-corrected chi connectivity index (χ0v) is 14.8. The van der Waals surface area contributed by atoms with Crippen molar-refractivity contribution in [3.63, 3.8) is 0 Å². The van der Waals surface area contributed by atoms with Gasteiger partial charge in [-0.3, -0.25) is 19.7 Å². The molecule has 0 heterocycles. The van der Waals surface area contributed by atoms with E-state index in [2.05, 4.69) is 10.6 Å². The minimum atomic E-state index is -0.993. The van der Waals surface area contributed by atoms with Crippen LogP contribution in [0, 0.1) is 10.1 Å². The van der Waals surface area contributed by atoms with Gasteiger partial charge in [0.05, 0.1) is 43.7 Å². The first-order chi connectivity index (χ1) is 12.9. The lowest BCUT2D eigenvalue weighted by Gasteiger charge is -2.12. The maximum Gasteiger partial charge on any atom is 0.314 e. The molecule has 0 aliphatic heterocycles. The Morgan fingerprint density at radius 2 is 1.48 bits per heavy atom. The Kier molecular flexibility index (Phi) is 6.15. The molecular weight excluding hydrogens is 358 g/mol. The van der Waals surface area contributed by atoms with Gasteiger partial charge in [-0.15, -0.1) is 0 Å². The summed E-state index contributed by atoms with van der Waals surface area (Å²) in [4.78, 5) is 34.6. The number of nitrogens with one attached hydrogen (secondary N) is 2. The number of nitro benzene ring substituents is 1. The third kappa shape index (κ3) is 4.63. The molecule has 0 radical (unpaired) electrons. The molecule has 0 fully saturated rings. The second kappa shape index (κ2) is 8.52. The Morgan fingerprint density at radius 3 is 2.04 bits per heavy atom. The van der Waals surface area contributed by atoms with E-state index in [9.17, 15) is 19.7 Å². The van der Waals surface area contributed by atoms with Gasteiger partial charge in [0.1, 0.15) is 17.2 Å². The molecule has 142 valence electrons. The zero-order valence-electron chi connectivity index (χ0n) is 14.8. The van der Waals surface area contributed by atoms with Crippen LogP contribution in [0.25, 0.3) is 0 Å². The average Bonchev–Trinajstić information content (AvgIpc) is 2.67. The van der Waals surface area contributed by atoms with E-state index in [0.717, 1.165) is 6.07 Å². The minimum absolute atomic E-state index is 0.0457. The maximum absolute atomic E-state index is 12.2. The molecule has 27 heavy (non-hydrogen) atoms. The number of nitro groups is 1. The highest BCUT2D eigenvalue weighted by Crippen LogP contribution is 2.30. The molecule has 2 aromatic rings. The SMILES string of the molecule is COc1ccc(OC)c(NC(=O)C(=O)Nc2ccc([N+](=O)[O-])cc2OC)c1. The van der Waals surface area contributed by atoms with Gasteiger partial charge < -0.3 is 24.8 Å². The second-order valence-corrected chi connectivity index (χ2v) is 5.12. The first kappa shape index (κ1) is 19.5. The molecule has 2 N–H and O–H groups in total. The number of rotatable bonds is 6. The standard InChI is InChI=1S/C17H17N3O7/c1-25-11-5-7-14(26-2)13(9-11)19-17(22)16(21)18-12-6-4-10(20(23)24)8-15(12)27-3/h4-9H,1-3H3,(H,18,21)(H,19,22). The Bertz CT molecular complexity index is 883. The van der Waals surface area contributed by atoms with Crippen molar-refractivity contribution in [2.24, 2.45) is 0 Å². The van der Waals surface area contributed by atoms with Crippen LogP contribution in [0.4, 0.5) is 17.1 Å². The Morgan fingerprint density at radius 1 is 0.852 bits per heavy atom. The van der Waals surface area contributed by atoms with Crippen LogP contribution in [0.2, 0.25) is 0 Å². The van der Waals surface area contributed by atoms with Gasteiger partial charge in [0.15, 0.2) is 0 Å². The predicted molar refractivity (Wildman–Crippen MR) is 96.5 cm³/mol. The average molecular weight is 375 g/mol. The van der Waals surface area contributed by atoms with Crippen molar-refractivity contribution in [2.75, 3.05) is 32.0 Å². The lowest BCUT2D eigenvalue weighted by Crippen LogP contribution is -2.29. The Balaban J connectivity index is 2.17. The van der Waals surface area contributed by atoms with Crippen molar-refractivity contribution >= 4 is 28.9 Å². The minimum Gasteiger partial charge on any atom is -0.497 e. The molecule has 0 spiro atoms. The van der Waals surface area contributed by atoms with Gasteiger partial charge in [-0.25, -0.2) is 0 Å². The molecule has 0 saturated carbocycles. The largest absolute Gasteiger partial charge is 0.497 e. The van der Waals surface area contributed by atoms with E-state index in [1.54, 1.807) is 12.1 Å². The number of hydrogen-bond donors (Lipinski definition) is 2. The normalized spacial score (nSPS) is 9.89. The monoisotopic (exact) mass is 375 g/mol. The molecule has 0 atom stereocenters. The van der Waals surface area contributed by atoms with Crippen LogP contribution in [0.3, 0.4) is 0 Å². The number of hydrogen-bond acceptors (Lipinski definition) is 7. The van der Waals surface area contributed by atoms with E-state index >= 15 is 0 Å². The van der Waals surface area contributed by atoms with Crippen LogP contribution < -0.4 is 24.8 Å². The number of benzene rings is 2. The van der Waals surface area contributed by atoms with E-state index in [4.69, 9.17) is 14.2 Å². The summed E-state index contributed by atoms with van der Waals surface area (Å²) in [7, 11) is 4.16.